The molecule has 9 heteroatoms. The summed E-state index contributed by atoms with van der Waals surface area (Å²) < 4.78 is 58.6. The molecule has 0 aliphatic rings. The first-order valence-corrected chi connectivity index (χ1v) is 6.42. The molecule has 1 aromatic heterocycles. The van der Waals surface area contributed by atoms with Gasteiger partial charge in [-0.05, 0) is 22.0 Å². The fraction of sp³-hybridized carbons (Fsp3) is 0.167. The van der Waals surface area contributed by atoms with Crippen LogP contribution in [0.4, 0.5) is 13.2 Å². The van der Waals surface area contributed by atoms with E-state index in [-0.39, 0.29) is 0 Å². The lowest BCUT2D eigenvalue weighted by atomic mass is 10.3. The average molecular weight is 325 g/mol. The van der Waals surface area contributed by atoms with Crippen LogP contribution in [-0.4, -0.2) is 13.4 Å². The maximum absolute atomic E-state index is 13.0. The number of pyridine rings is 1. The van der Waals surface area contributed by atoms with Crippen molar-refractivity contribution in [3.05, 3.63) is 22.1 Å². The largest absolute Gasteiger partial charge is 0.283 e. The van der Waals surface area contributed by atoms with Crippen molar-refractivity contribution in [3.8, 4) is 0 Å². The van der Waals surface area contributed by atoms with Crippen molar-refractivity contribution < 1.29 is 21.6 Å². The molecule has 0 spiro atoms. The number of rotatable bonds is 2. The lowest BCUT2D eigenvalue weighted by Crippen LogP contribution is -2.03. The van der Waals surface area contributed by atoms with Gasteiger partial charge in [0, 0.05) is 10.7 Å². The predicted molar refractivity (Wildman–Crippen MR) is 49.9 cm³/mol. The molecule has 0 amide bonds. The highest BCUT2D eigenvalue weighted by molar-refractivity contribution is 9.10. The van der Waals surface area contributed by atoms with Gasteiger partial charge in [-0.3, -0.25) is 0 Å². The van der Waals surface area contributed by atoms with Gasteiger partial charge in [-0.1, -0.05) is 0 Å². The van der Waals surface area contributed by atoms with Gasteiger partial charge in [-0.25, -0.2) is 26.6 Å². The third-order valence-corrected chi connectivity index (χ3v) is 3.13. The Labute approximate surface area is 95.8 Å². The lowest BCUT2D eigenvalue weighted by molar-refractivity contribution is 0.139. The van der Waals surface area contributed by atoms with Gasteiger partial charge in [-0.2, -0.15) is 0 Å². The summed E-state index contributed by atoms with van der Waals surface area (Å²) in [7, 11) is 0.614. The van der Waals surface area contributed by atoms with Crippen LogP contribution in [0.15, 0.2) is 15.6 Å². The summed E-state index contributed by atoms with van der Waals surface area (Å²) in [5.41, 5.74) is -1.26. The Hall–Kier alpha value is -0.340. The first-order valence-electron chi connectivity index (χ1n) is 3.32. The molecule has 1 rings (SSSR count). The Kier molecular flexibility index (Phi) is 3.62. The van der Waals surface area contributed by atoms with Crippen LogP contribution in [0.3, 0.4) is 0 Å². The van der Waals surface area contributed by atoms with Gasteiger partial charge in [0.2, 0.25) is 0 Å². The highest BCUT2D eigenvalue weighted by Crippen LogP contribution is 2.28. The highest BCUT2D eigenvalue weighted by atomic mass is 79.9. The third-order valence-electron chi connectivity index (χ3n) is 1.37. The van der Waals surface area contributed by atoms with Crippen molar-refractivity contribution in [2.45, 2.75) is 11.5 Å². The van der Waals surface area contributed by atoms with E-state index in [0.29, 0.717) is 6.07 Å². The van der Waals surface area contributed by atoms with E-state index in [1.54, 1.807) is 0 Å². The summed E-state index contributed by atoms with van der Waals surface area (Å²) in [4.78, 5) is 2.93. The minimum atomic E-state index is -4.27. The Morgan fingerprint density at radius 2 is 2.00 bits per heavy atom. The quantitative estimate of drug-likeness (QED) is 0.786. The second kappa shape index (κ2) is 4.26. The third kappa shape index (κ3) is 2.82. The molecule has 0 aliphatic heterocycles. The Morgan fingerprint density at radius 3 is 2.40 bits per heavy atom. The van der Waals surface area contributed by atoms with Crippen molar-refractivity contribution in [1.82, 2.24) is 4.98 Å². The Bertz CT molecular complexity index is 493. The number of alkyl halides is 2. The standard InChI is InChI=1S/C6H2BrClF3NO2S/c7-2-1-3(15(8,13)14)12-5(4(2)9)6(10)11/h1,6H. The lowest BCUT2D eigenvalue weighted by Gasteiger charge is -2.04. The average Bonchev–Trinajstić information content (AvgIpc) is 2.06. The van der Waals surface area contributed by atoms with Gasteiger partial charge in [-0.15, -0.1) is 0 Å². The molecule has 1 aromatic rings. The zero-order valence-electron chi connectivity index (χ0n) is 6.72. The molecule has 0 saturated heterocycles. The van der Waals surface area contributed by atoms with Crippen LogP contribution in [-0.2, 0) is 9.05 Å². The van der Waals surface area contributed by atoms with Crippen LogP contribution in [0, 0.1) is 5.82 Å². The van der Waals surface area contributed by atoms with Crippen molar-refractivity contribution in [1.29, 1.82) is 0 Å². The normalized spacial score (nSPS) is 12.1. The zero-order chi connectivity index (χ0) is 11.8. The Balaban J connectivity index is 3.50. The number of hydrogen-bond donors (Lipinski definition) is 0. The van der Waals surface area contributed by atoms with E-state index in [2.05, 4.69) is 20.9 Å². The van der Waals surface area contributed by atoms with Crippen molar-refractivity contribution in [3.63, 3.8) is 0 Å². The molecule has 0 aromatic carbocycles. The summed E-state index contributed by atoms with van der Waals surface area (Å²) in [6.07, 6.45) is -3.22. The summed E-state index contributed by atoms with van der Waals surface area (Å²) >= 11 is 2.59. The minimum Gasteiger partial charge on any atom is -0.231 e. The predicted octanol–water partition coefficient (Wildman–Crippen LogP) is 2.85. The molecule has 1 heterocycles. The molecule has 0 N–H and O–H groups in total. The number of hydrogen-bond acceptors (Lipinski definition) is 3. The van der Waals surface area contributed by atoms with E-state index in [1.165, 1.54) is 0 Å². The maximum Gasteiger partial charge on any atom is 0.283 e. The summed E-state index contributed by atoms with van der Waals surface area (Å²) in [6.45, 7) is 0. The number of aromatic nitrogens is 1. The second-order valence-corrected chi connectivity index (χ2v) is 5.75. The Morgan fingerprint density at radius 1 is 1.47 bits per heavy atom. The van der Waals surface area contributed by atoms with Gasteiger partial charge in [0.1, 0.15) is 5.69 Å². The smallest absolute Gasteiger partial charge is 0.231 e. The molecule has 0 fully saturated rings. The summed E-state index contributed by atoms with van der Waals surface area (Å²) in [5.74, 6) is -1.31. The molecular weight excluding hydrogens is 322 g/mol. The SMILES string of the molecule is O=S(=O)(Cl)c1cc(Br)c(F)c(C(F)F)n1. The molecule has 0 aliphatic carbocycles. The maximum atomic E-state index is 13.0. The van der Waals surface area contributed by atoms with E-state index in [9.17, 15) is 21.6 Å². The van der Waals surface area contributed by atoms with Crippen molar-refractivity contribution in [2.75, 3.05) is 0 Å². The molecule has 0 radical (unpaired) electrons. The molecule has 3 nitrogen and oxygen atoms in total. The first-order chi connectivity index (χ1) is 6.73. The topological polar surface area (TPSA) is 47.0 Å². The van der Waals surface area contributed by atoms with Crippen molar-refractivity contribution in [2.24, 2.45) is 0 Å². The molecule has 84 valence electrons. The van der Waals surface area contributed by atoms with Crippen LogP contribution >= 0.6 is 26.6 Å². The monoisotopic (exact) mass is 323 g/mol. The van der Waals surface area contributed by atoms with Gasteiger partial charge < -0.3 is 0 Å². The van der Waals surface area contributed by atoms with E-state index >= 15 is 0 Å². The fourth-order valence-corrected chi connectivity index (χ4v) is 2.04. The molecule has 0 saturated carbocycles. The molecule has 0 unspecified atom stereocenters. The van der Waals surface area contributed by atoms with E-state index in [4.69, 9.17) is 10.7 Å². The van der Waals surface area contributed by atoms with Gasteiger partial charge in [0.25, 0.3) is 15.5 Å². The van der Waals surface area contributed by atoms with E-state index in [1.807, 2.05) is 0 Å². The molecule has 15 heavy (non-hydrogen) atoms. The van der Waals surface area contributed by atoms with Gasteiger partial charge in [0.05, 0.1) is 4.47 Å². The number of nitrogens with zero attached hydrogens (tertiary/aromatic N) is 1. The summed E-state index contributed by atoms with van der Waals surface area (Å²) in [6, 6.07) is 0.712. The van der Waals surface area contributed by atoms with Crippen LogP contribution in [0.1, 0.15) is 12.1 Å². The van der Waals surface area contributed by atoms with E-state index < -0.39 is 36.5 Å². The second-order valence-electron chi connectivity index (χ2n) is 2.38. The molecular formula is C6H2BrClF3NO2S. The van der Waals surface area contributed by atoms with Gasteiger partial charge in [0.15, 0.2) is 10.8 Å². The number of halogens is 5. The van der Waals surface area contributed by atoms with E-state index in [0.717, 1.165) is 0 Å². The highest BCUT2D eigenvalue weighted by Gasteiger charge is 2.23. The minimum absolute atomic E-state index is 0.438. The van der Waals surface area contributed by atoms with Crippen LogP contribution in [0.25, 0.3) is 0 Å². The van der Waals surface area contributed by atoms with Crippen LogP contribution in [0.2, 0.25) is 0 Å². The fourth-order valence-electron chi connectivity index (χ4n) is 0.764. The summed E-state index contributed by atoms with van der Waals surface area (Å²) in [5, 5.41) is -0.826. The van der Waals surface area contributed by atoms with Crippen molar-refractivity contribution >= 4 is 35.7 Å². The zero-order valence-corrected chi connectivity index (χ0v) is 9.87. The van der Waals surface area contributed by atoms with Crippen LogP contribution < -0.4 is 0 Å². The first kappa shape index (κ1) is 12.7. The van der Waals surface area contributed by atoms with Gasteiger partial charge >= 0.3 is 0 Å². The molecule has 0 atom stereocenters. The molecule has 0 bridgehead atoms. The van der Waals surface area contributed by atoms with Crippen LogP contribution in [0.5, 0.6) is 0 Å².